The summed E-state index contributed by atoms with van der Waals surface area (Å²) in [6.45, 7) is 3.79. The second-order valence-corrected chi connectivity index (χ2v) is 5.22. The van der Waals surface area contributed by atoms with Gasteiger partial charge >= 0.3 is 11.9 Å². The van der Waals surface area contributed by atoms with Crippen molar-refractivity contribution < 1.29 is 23.8 Å². The summed E-state index contributed by atoms with van der Waals surface area (Å²) >= 11 is 0. The van der Waals surface area contributed by atoms with Crippen molar-refractivity contribution >= 4 is 11.9 Å². The van der Waals surface area contributed by atoms with Gasteiger partial charge in [-0.05, 0) is 45.6 Å². The predicted octanol–water partition coefficient (Wildman–Crippen LogP) is 1.66. The molecule has 0 aromatic heterocycles. The van der Waals surface area contributed by atoms with E-state index in [0.717, 1.165) is 5.56 Å². The van der Waals surface area contributed by atoms with Gasteiger partial charge in [0.2, 0.25) is 5.54 Å². The number of hydrogen-bond donors (Lipinski definition) is 0. The summed E-state index contributed by atoms with van der Waals surface area (Å²) in [5, 5.41) is 0. The molecule has 0 heterocycles. The highest BCUT2D eigenvalue weighted by Gasteiger charge is 2.51. The Hall–Kier alpha value is -2.08. The third kappa shape index (κ3) is 4.22. The maximum atomic E-state index is 12.6. The Morgan fingerprint density at radius 1 is 1.00 bits per heavy atom. The summed E-state index contributed by atoms with van der Waals surface area (Å²) < 4.78 is 15.4. The first-order chi connectivity index (χ1) is 10.9. The van der Waals surface area contributed by atoms with Crippen LogP contribution in [0.25, 0.3) is 0 Å². The highest BCUT2D eigenvalue weighted by atomic mass is 16.6. The van der Waals surface area contributed by atoms with Crippen LogP contribution < -0.4 is 4.74 Å². The van der Waals surface area contributed by atoms with Gasteiger partial charge in [-0.1, -0.05) is 12.1 Å². The van der Waals surface area contributed by atoms with Gasteiger partial charge in [-0.25, -0.2) is 9.59 Å². The largest absolute Gasteiger partial charge is 0.497 e. The maximum absolute atomic E-state index is 12.6. The van der Waals surface area contributed by atoms with Gasteiger partial charge in [0.1, 0.15) is 5.75 Å². The van der Waals surface area contributed by atoms with Crippen LogP contribution in [0.5, 0.6) is 5.75 Å². The highest BCUT2D eigenvalue weighted by Crippen LogP contribution is 2.24. The minimum Gasteiger partial charge on any atom is -0.497 e. The molecule has 0 saturated carbocycles. The summed E-state index contributed by atoms with van der Waals surface area (Å²) in [5.74, 6) is -0.519. The maximum Gasteiger partial charge on any atom is 0.338 e. The van der Waals surface area contributed by atoms with E-state index in [0.29, 0.717) is 5.75 Å². The van der Waals surface area contributed by atoms with Crippen molar-refractivity contribution in [3.8, 4) is 5.75 Å². The van der Waals surface area contributed by atoms with Crippen molar-refractivity contribution in [3.63, 3.8) is 0 Å². The molecular formula is C17H25NO5. The van der Waals surface area contributed by atoms with Crippen molar-refractivity contribution in [1.82, 2.24) is 4.90 Å². The number of likely N-dealkylation sites (N-methyl/N-ethyl adjacent to an activating group) is 1. The molecule has 128 valence electrons. The molecule has 6 nitrogen and oxygen atoms in total. The van der Waals surface area contributed by atoms with E-state index in [1.807, 2.05) is 12.1 Å². The van der Waals surface area contributed by atoms with Gasteiger partial charge < -0.3 is 14.2 Å². The molecule has 0 N–H and O–H groups in total. The number of hydrogen-bond acceptors (Lipinski definition) is 6. The molecule has 0 aliphatic heterocycles. The van der Waals surface area contributed by atoms with Crippen LogP contribution in [0.1, 0.15) is 19.4 Å². The van der Waals surface area contributed by atoms with E-state index < -0.39 is 17.5 Å². The number of carbonyl (C=O) groups excluding carboxylic acids is 2. The number of benzene rings is 1. The molecule has 0 atom stereocenters. The summed E-state index contributed by atoms with van der Waals surface area (Å²) in [7, 11) is 4.91. The molecule has 0 amide bonds. The van der Waals surface area contributed by atoms with Gasteiger partial charge in [0.25, 0.3) is 0 Å². The van der Waals surface area contributed by atoms with Gasteiger partial charge in [0.05, 0.1) is 20.3 Å². The molecule has 6 heteroatoms. The number of methoxy groups -OCH3 is 1. The van der Waals surface area contributed by atoms with E-state index in [9.17, 15) is 9.59 Å². The van der Waals surface area contributed by atoms with E-state index >= 15 is 0 Å². The zero-order valence-corrected chi connectivity index (χ0v) is 14.4. The van der Waals surface area contributed by atoms with Crippen LogP contribution in [0.3, 0.4) is 0 Å². The highest BCUT2D eigenvalue weighted by molar-refractivity contribution is 6.05. The number of rotatable bonds is 8. The first kappa shape index (κ1) is 19.0. The number of ether oxygens (including phenoxy) is 3. The minimum absolute atomic E-state index is 0.154. The number of nitrogens with zero attached hydrogens (tertiary/aromatic N) is 1. The van der Waals surface area contributed by atoms with Crippen LogP contribution in [0, 0.1) is 0 Å². The minimum atomic E-state index is -1.51. The van der Waals surface area contributed by atoms with Gasteiger partial charge in [-0.15, -0.1) is 0 Å². The van der Waals surface area contributed by atoms with Gasteiger partial charge in [0, 0.05) is 6.42 Å². The first-order valence-electron chi connectivity index (χ1n) is 7.57. The van der Waals surface area contributed by atoms with Crippen LogP contribution in [-0.2, 0) is 25.5 Å². The molecule has 1 aromatic carbocycles. The lowest BCUT2D eigenvalue weighted by Gasteiger charge is -2.35. The lowest BCUT2D eigenvalue weighted by atomic mass is 9.89. The SMILES string of the molecule is CCOC(=O)C(Cc1ccc(OC)cc1)(C(=O)OCC)N(C)C. The van der Waals surface area contributed by atoms with E-state index in [2.05, 4.69) is 0 Å². The van der Waals surface area contributed by atoms with Crippen LogP contribution in [0.2, 0.25) is 0 Å². The molecule has 0 spiro atoms. The fraction of sp³-hybridized carbons (Fsp3) is 0.529. The van der Waals surface area contributed by atoms with Crippen molar-refractivity contribution in [1.29, 1.82) is 0 Å². The van der Waals surface area contributed by atoms with Crippen LogP contribution in [0.4, 0.5) is 0 Å². The molecule has 0 fully saturated rings. The normalized spacial score (nSPS) is 11.2. The summed E-state index contributed by atoms with van der Waals surface area (Å²) in [6, 6.07) is 7.20. The first-order valence-corrected chi connectivity index (χ1v) is 7.57. The Labute approximate surface area is 137 Å². The third-order valence-electron chi connectivity index (χ3n) is 3.61. The Balaban J connectivity index is 3.23. The molecule has 0 aliphatic carbocycles. The van der Waals surface area contributed by atoms with E-state index in [-0.39, 0.29) is 19.6 Å². The molecule has 0 saturated heterocycles. The van der Waals surface area contributed by atoms with Crippen LogP contribution in [-0.4, -0.2) is 56.8 Å². The molecule has 0 unspecified atom stereocenters. The molecule has 0 bridgehead atoms. The average molecular weight is 323 g/mol. The average Bonchev–Trinajstić information content (AvgIpc) is 2.53. The molecule has 1 rings (SSSR count). The van der Waals surface area contributed by atoms with Crippen molar-refractivity contribution in [2.24, 2.45) is 0 Å². The van der Waals surface area contributed by atoms with E-state index in [1.165, 1.54) is 0 Å². The molecule has 23 heavy (non-hydrogen) atoms. The second kappa shape index (κ2) is 8.53. The predicted molar refractivity (Wildman–Crippen MR) is 86.4 cm³/mol. The Bertz CT molecular complexity index is 506. The monoisotopic (exact) mass is 323 g/mol. The Morgan fingerprint density at radius 2 is 1.48 bits per heavy atom. The van der Waals surface area contributed by atoms with Gasteiger partial charge in [0.15, 0.2) is 0 Å². The van der Waals surface area contributed by atoms with E-state index in [1.54, 1.807) is 52.1 Å². The Morgan fingerprint density at radius 3 is 1.83 bits per heavy atom. The number of esters is 2. The summed E-state index contributed by atoms with van der Waals surface area (Å²) in [6.07, 6.45) is 0.154. The fourth-order valence-corrected chi connectivity index (χ4v) is 2.29. The summed E-state index contributed by atoms with van der Waals surface area (Å²) in [5.41, 5.74) is -0.707. The Kier molecular flexibility index (Phi) is 7.03. The zero-order chi connectivity index (χ0) is 17.5. The van der Waals surface area contributed by atoms with Gasteiger partial charge in [-0.2, -0.15) is 0 Å². The number of carbonyl (C=O) groups is 2. The lowest BCUT2D eigenvalue weighted by Crippen LogP contribution is -2.60. The summed E-state index contributed by atoms with van der Waals surface area (Å²) in [4.78, 5) is 26.7. The zero-order valence-electron chi connectivity index (χ0n) is 14.4. The molecule has 0 radical (unpaired) electrons. The van der Waals surface area contributed by atoms with Crippen molar-refractivity contribution in [2.45, 2.75) is 25.8 Å². The quantitative estimate of drug-likeness (QED) is 0.535. The molecular weight excluding hydrogens is 298 g/mol. The topological polar surface area (TPSA) is 65.1 Å². The molecule has 0 aliphatic rings. The van der Waals surface area contributed by atoms with Crippen LogP contribution >= 0.6 is 0 Å². The smallest absolute Gasteiger partial charge is 0.338 e. The lowest BCUT2D eigenvalue weighted by molar-refractivity contribution is -0.173. The third-order valence-corrected chi connectivity index (χ3v) is 3.61. The standard InChI is InChI=1S/C17H25NO5/c1-6-22-15(19)17(18(3)4,16(20)23-7-2)12-13-8-10-14(21-5)11-9-13/h8-11H,6-7,12H2,1-5H3. The van der Waals surface area contributed by atoms with E-state index in [4.69, 9.17) is 14.2 Å². The fourth-order valence-electron chi connectivity index (χ4n) is 2.29. The van der Waals surface area contributed by atoms with Crippen LogP contribution in [0.15, 0.2) is 24.3 Å². The van der Waals surface area contributed by atoms with Crippen molar-refractivity contribution in [2.75, 3.05) is 34.4 Å². The van der Waals surface area contributed by atoms with Gasteiger partial charge in [-0.3, -0.25) is 4.90 Å². The van der Waals surface area contributed by atoms with Crippen molar-refractivity contribution in [3.05, 3.63) is 29.8 Å². The molecule has 1 aromatic rings. The second-order valence-electron chi connectivity index (χ2n) is 5.22.